The van der Waals surface area contributed by atoms with E-state index in [1.54, 1.807) is 4.90 Å². The number of benzene rings is 1. The van der Waals surface area contributed by atoms with Gasteiger partial charge in [0, 0.05) is 32.1 Å². The minimum Gasteiger partial charge on any atom is -0.444 e. The molecule has 2 aliphatic rings. The number of hydrogen-bond acceptors (Lipinski definition) is 3. The van der Waals surface area contributed by atoms with Gasteiger partial charge in [0.05, 0.1) is 0 Å². The number of nitrogens with zero attached hydrogens (tertiary/aromatic N) is 2. The number of piperidine rings is 2. The molecule has 2 heterocycles. The molecule has 0 unspecified atom stereocenters. The smallest absolute Gasteiger partial charge is 0.410 e. The second-order valence-electron chi connectivity index (χ2n) is 8.89. The maximum Gasteiger partial charge on any atom is 0.410 e. The van der Waals surface area contributed by atoms with Crippen LogP contribution in [0.15, 0.2) is 24.3 Å². The maximum atomic E-state index is 13.1. The lowest BCUT2D eigenvalue weighted by molar-refractivity contribution is -0.138. The lowest BCUT2D eigenvalue weighted by Gasteiger charge is -2.37. The van der Waals surface area contributed by atoms with Crippen molar-refractivity contribution >= 4 is 12.0 Å². The van der Waals surface area contributed by atoms with Gasteiger partial charge in [0.1, 0.15) is 11.4 Å². The molecule has 2 amide bonds. The molecule has 1 aromatic rings. The third-order valence-electron chi connectivity index (χ3n) is 5.64. The fraction of sp³-hybridized carbons (Fsp3) is 0.636. The van der Waals surface area contributed by atoms with E-state index in [0.29, 0.717) is 31.8 Å². The second kappa shape index (κ2) is 8.50. The van der Waals surface area contributed by atoms with Gasteiger partial charge in [0.2, 0.25) is 5.91 Å². The topological polar surface area (TPSA) is 49.9 Å². The first-order valence-corrected chi connectivity index (χ1v) is 10.2. The van der Waals surface area contributed by atoms with Crippen LogP contribution < -0.4 is 0 Å². The normalized spacial score (nSPS) is 19.6. The summed E-state index contributed by atoms with van der Waals surface area (Å²) in [6.07, 6.45) is 2.91. The minimum atomic E-state index is -0.501. The van der Waals surface area contributed by atoms with Crippen molar-refractivity contribution in [3.05, 3.63) is 35.6 Å². The van der Waals surface area contributed by atoms with Crippen molar-refractivity contribution in [3.63, 3.8) is 0 Å². The van der Waals surface area contributed by atoms with Gasteiger partial charge in [0.25, 0.3) is 0 Å². The van der Waals surface area contributed by atoms with Gasteiger partial charge in [0.15, 0.2) is 0 Å². The molecule has 2 fully saturated rings. The zero-order valence-electron chi connectivity index (χ0n) is 17.1. The summed E-state index contributed by atoms with van der Waals surface area (Å²) in [5.41, 5.74) is 0.651. The average molecular weight is 390 g/mol. The van der Waals surface area contributed by atoms with Crippen molar-refractivity contribution in [1.29, 1.82) is 0 Å². The van der Waals surface area contributed by atoms with Crippen molar-refractivity contribution in [2.45, 2.75) is 58.0 Å². The molecule has 6 heteroatoms. The summed E-state index contributed by atoms with van der Waals surface area (Å²) in [4.78, 5) is 28.7. The molecule has 154 valence electrons. The van der Waals surface area contributed by atoms with E-state index in [2.05, 4.69) is 0 Å². The monoisotopic (exact) mass is 390 g/mol. The molecule has 1 aromatic carbocycles. The molecule has 0 N–H and O–H groups in total. The molecule has 0 spiro atoms. The van der Waals surface area contributed by atoms with Crippen LogP contribution in [0.5, 0.6) is 0 Å². The molecule has 2 aliphatic heterocycles. The maximum absolute atomic E-state index is 13.1. The number of likely N-dealkylation sites (tertiary alicyclic amines) is 2. The fourth-order valence-electron chi connectivity index (χ4n) is 4.06. The largest absolute Gasteiger partial charge is 0.444 e. The van der Waals surface area contributed by atoms with Gasteiger partial charge in [-0.3, -0.25) is 4.79 Å². The first-order valence-electron chi connectivity index (χ1n) is 10.2. The number of amides is 2. The van der Waals surface area contributed by atoms with Crippen LogP contribution in [0.2, 0.25) is 0 Å². The third kappa shape index (κ3) is 5.24. The summed E-state index contributed by atoms with van der Waals surface area (Å²) in [7, 11) is 0. The van der Waals surface area contributed by atoms with Gasteiger partial charge in [-0.15, -0.1) is 0 Å². The summed E-state index contributed by atoms with van der Waals surface area (Å²) >= 11 is 0. The van der Waals surface area contributed by atoms with Crippen LogP contribution in [0.3, 0.4) is 0 Å². The number of hydrogen-bond donors (Lipinski definition) is 0. The summed E-state index contributed by atoms with van der Waals surface area (Å²) in [6.45, 7) is 8.19. The summed E-state index contributed by atoms with van der Waals surface area (Å²) in [5.74, 6) is 0.371. The van der Waals surface area contributed by atoms with Crippen molar-refractivity contribution in [2.75, 3.05) is 26.2 Å². The van der Waals surface area contributed by atoms with E-state index in [1.165, 1.54) is 12.1 Å². The van der Waals surface area contributed by atoms with E-state index < -0.39 is 5.60 Å². The van der Waals surface area contributed by atoms with Gasteiger partial charge in [-0.1, -0.05) is 12.1 Å². The Bertz CT molecular complexity index is 683. The first-order chi connectivity index (χ1) is 13.2. The number of halogens is 1. The van der Waals surface area contributed by atoms with Crippen LogP contribution in [0.4, 0.5) is 9.18 Å². The van der Waals surface area contributed by atoms with Crippen molar-refractivity contribution < 1.29 is 18.7 Å². The SMILES string of the molecule is CC(C)(C)OC(=O)N1CCC(C(=O)N2CCC(c3ccc(F)cc3)CC2)CC1. The highest BCUT2D eigenvalue weighted by Crippen LogP contribution is 2.30. The highest BCUT2D eigenvalue weighted by Gasteiger charge is 2.33. The summed E-state index contributed by atoms with van der Waals surface area (Å²) in [5, 5.41) is 0. The van der Waals surface area contributed by atoms with Crippen molar-refractivity contribution in [1.82, 2.24) is 9.80 Å². The van der Waals surface area contributed by atoms with Gasteiger partial charge in [-0.25, -0.2) is 9.18 Å². The molecule has 0 aromatic heterocycles. The number of rotatable bonds is 2. The quantitative estimate of drug-likeness (QED) is 0.761. The standard InChI is InChI=1S/C22H31FN2O3/c1-22(2,3)28-21(27)25-14-10-18(11-15-25)20(26)24-12-8-17(9-13-24)16-4-6-19(23)7-5-16/h4-7,17-18H,8-15H2,1-3H3. The van der Waals surface area contributed by atoms with E-state index in [1.807, 2.05) is 37.8 Å². The summed E-state index contributed by atoms with van der Waals surface area (Å²) < 4.78 is 18.5. The molecule has 0 bridgehead atoms. The van der Waals surface area contributed by atoms with E-state index in [9.17, 15) is 14.0 Å². The number of ether oxygens (including phenoxy) is 1. The van der Waals surface area contributed by atoms with Gasteiger partial charge in [-0.05, 0) is 70.1 Å². The molecular weight excluding hydrogens is 359 g/mol. The van der Waals surface area contributed by atoms with Crippen LogP contribution >= 0.6 is 0 Å². The van der Waals surface area contributed by atoms with Gasteiger partial charge < -0.3 is 14.5 Å². The zero-order chi connectivity index (χ0) is 20.3. The van der Waals surface area contributed by atoms with Crippen molar-refractivity contribution in [2.24, 2.45) is 5.92 Å². The van der Waals surface area contributed by atoms with Crippen LogP contribution in [0, 0.1) is 11.7 Å². The molecular formula is C22H31FN2O3. The molecule has 5 nitrogen and oxygen atoms in total. The molecule has 2 saturated heterocycles. The highest BCUT2D eigenvalue weighted by atomic mass is 19.1. The fourth-order valence-corrected chi connectivity index (χ4v) is 4.06. The molecule has 0 atom stereocenters. The molecule has 0 aliphatic carbocycles. The average Bonchev–Trinajstić information content (AvgIpc) is 2.67. The van der Waals surface area contributed by atoms with Crippen LogP contribution in [0.25, 0.3) is 0 Å². The number of carbonyl (C=O) groups excluding carboxylic acids is 2. The lowest BCUT2D eigenvalue weighted by Crippen LogP contribution is -2.47. The lowest BCUT2D eigenvalue weighted by atomic mass is 9.88. The van der Waals surface area contributed by atoms with E-state index >= 15 is 0 Å². The van der Waals surface area contributed by atoms with Crippen LogP contribution in [0.1, 0.15) is 57.9 Å². The third-order valence-corrected chi connectivity index (χ3v) is 5.64. The molecule has 3 rings (SSSR count). The zero-order valence-corrected chi connectivity index (χ0v) is 17.1. The van der Waals surface area contributed by atoms with Crippen molar-refractivity contribution in [3.8, 4) is 0 Å². The van der Waals surface area contributed by atoms with E-state index in [4.69, 9.17) is 4.74 Å². The Morgan fingerprint density at radius 2 is 1.46 bits per heavy atom. The Labute approximate surface area is 166 Å². The second-order valence-corrected chi connectivity index (χ2v) is 8.89. The number of carbonyl (C=O) groups is 2. The van der Waals surface area contributed by atoms with Gasteiger partial charge >= 0.3 is 6.09 Å². The van der Waals surface area contributed by atoms with E-state index in [0.717, 1.165) is 31.5 Å². The Kier molecular flexibility index (Phi) is 6.26. The Balaban J connectivity index is 1.46. The predicted octanol–water partition coefficient (Wildman–Crippen LogP) is 4.18. The minimum absolute atomic E-state index is 0.0129. The molecule has 28 heavy (non-hydrogen) atoms. The van der Waals surface area contributed by atoms with Gasteiger partial charge in [-0.2, -0.15) is 0 Å². The predicted molar refractivity (Wildman–Crippen MR) is 105 cm³/mol. The van der Waals surface area contributed by atoms with E-state index in [-0.39, 0.29) is 23.7 Å². The molecule has 0 radical (unpaired) electrons. The first kappa shape index (κ1) is 20.6. The Hall–Kier alpha value is -2.11. The van der Waals surface area contributed by atoms with Crippen LogP contribution in [-0.2, 0) is 9.53 Å². The Morgan fingerprint density at radius 1 is 0.929 bits per heavy atom. The molecule has 0 saturated carbocycles. The highest BCUT2D eigenvalue weighted by molar-refractivity contribution is 5.79. The summed E-state index contributed by atoms with van der Waals surface area (Å²) in [6, 6.07) is 6.71. The van der Waals surface area contributed by atoms with Crippen LogP contribution in [-0.4, -0.2) is 53.6 Å². The Morgan fingerprint density at radius 3 is 2.00 bits per heavy atom.